The number of carbonyl (C=O) groups is 1. The molecule has 0 amide bonds. The molecule has 1 aliphatic rings. The lowest BCUT2D eigenvalue weighted by molar-refractivity contribution is -0.143. The quantitative estimate of drug-likeness (QED) is 0.587. The number of nitrogens with zero attached hydrogens (tertiary/aromatic N) is 2. The number of benzene rings is 1. The van der Waals surface area contributed by atoms with Crippen molar-refractivity contribution in [3.63, 3.8) is 0 Å². The van der Waals surface area contributed by atoms with Crippen LogP contribution in [0.15, 0.2) is 24.3 Å². The third-order valence-electron chi connectivity index (χ3n) is 4.72. The molecule has 0 radical (unpaired) electrons. The molecule has 1 fully saturated rings. The molecular formula is C19H27F3N2O4S. The first kappa shape index (κ1) is 23.6. The van der Waals surface area contributed by atoms with Crippen molar-refractivity contribution in [1.82, 2.24) is 9.21 Å². The number of hydrogen-bond acceptors (Lipinski definition) is 5. The van der Waals surface area contributed by atoms with E-state index in [2.05, 4.69) is 0 Å². The summed E-state index contributed by atoms with van der Waals surface area (Å²) in [5.74, 6) is -0.508. The van der Waals surface area contributed by atoms with Gasteiger partial charge >= 0.3 is 12.1 Å². The van der Waals surface area contributed by atoms with Gasteiger partial charge in [-0.3, -0.25) is 9.69 Å². The van der Waals surface area contributed by atoms with Gasteiger partial charge in [0.15, 0.2) is 0 Å². The van der Waals surface area contributed by atoms with Gasteiger partial charge in [0, 0.05) is 32.6 Å². The van der Waals surface area contributed by atoms with Crippen molar-refractivity contribution in [1.29, 1.82) is 0 Å². The van der Waals surface area contributed by atoms with Crippen LogP contribution in [0.5, 0.6) is 0 Å². The molecule has 2 rings (SSSR count). The summed E-state index contributed by atoms with van der Waals surface area (Å²) < 4.78 is 69.3. The third kappa shape index (κ3) is 7.60. The van der Waals surface area contributed by atoms with E-state index in [0.717, 1.165) is 17.7 Å². The van der Waals surface area contributed by atoms with Crippen molar-refractivity contribution >= 4 is 16.0 Å². The Hall–Kier alpha value is -1.65. The van der Waals surface area contributed by atoms with E-state index in [1.807, 2.05) is 4.90 Å². The average molecular weight is 436 g/mol. The maximum atomic E-state index is 12.7. The summed E-state index contributed by atoms with van der Waals surface area (Å²) in [6.07, 6.45) is -3.44. The molecule has 0 spiro atoms. The zero-order chi connectivity index (χ0) is 21.5. The highest BCUT2D eigenvalue weighted by molar-refractivity contribution is 7.89. The average Bonchev–Trinajstić information content (AvgIpc) is 2.88. The molecule has 1 saturated heterocycles. The molecule has 0 N–H and O–H groups in total. The Morgan fingerprint density at radius 2 is 1.79 bits per heavy atom. The molecule has 0 unspecified atom stereocenters. The largest absolute Gasteiger partial charge is 0.466 e. The number of rotatable bonds is 8. The predicted octanol–water partition coefficient (Wildman–Crippen LogP) is 2.89. The third-order valence-corrected chi connectivity index (χ3v) is 6.67. The van der Waals surface area contributed by atoms with Crippen LogP contribution in [0.2, 0.25) is 0 Å². The fourth-order valence-electron chi connectivity index (χ4n) is 3.20. The summed E-state index contributed by atoms with van der Waals surface area (Å²) in [5.41, 5.74) is 0.0703. The Morgan fingerprint density at radius 3 is 2.41 bits per heavy atom. The van der Waals surface area contributed by atoms with Gasteiger partial charge in [-0.05, 0) is 44.0 Å². The van der Waals surface area contributed by atoms with Crippen molar-refractivity contribution in [2.45, 2.75) is 38.9 Å². The lowest BCUT2D eigenvalue weighted by Crippen LogP contribution is -2.36. The van der Waals surface area contributed by atoms with Gasteiger partial charge in [-0.25, -0.2) is 12.7 Å². The minimum absolute atomic E-state index is 0.0704. The first-order valence-corrected chi connectivity index (χ1v) is 11.2. The van der Waals surface area contributed by atoms with E-state index in [4.69, 9.17) is 4.74 Å². The minimum atomic E-state index is -4.36. The summed E-state index contributed by atoms with van der Waals surface area (Å²) >= 11 is 0. The van der Waals surface area contributed by atoms with Gasteiger partial charge in [-0.15, -0.1) is 0 Å². The van der Waals surface area contributed by atoms with E-state index in [-0.39, 0.29) is 25.2 Å². The molecule has 29 heavy (non-hydrogen) atoms. The molecule has 1 heterocycles. The van der Waals surface area contributed by atoms with Gasteiger partial charge in [0.1, 0.15) is 0 Å². The lowest BCUT2D eigenvalue weighted by Gasteiger charge is -2.22. The number of carbonyl (C=O) groups excluding carboxylic acids is 1. The van der Waals surface area contributed by atoms with Gasteiger partial charge < -0.3 is 4.74 Å². The molecule has 10 heteroatoms. The molecule has 0 atom stereocenters. The van der Waals surface area contributed by atoms with Crippen molar-refractivity contribution in [2.75, 3.05) is 38.5 Å². The molecule has 0 aromatic heterocycles. The Kier molecular flexibility index (Phi) is 8.47. The van der Waals surface area contributed by atoms with Crippen molar-refractivity contribution in [3.05, 3.63) is 35.4 Å². The van der Waals surface area contributed by atoms with Gasteiger partial charge in [0.05, 0.1) is 17.9 Å². The Bertz CT molecular complexity index is 767. The summed E-state index contributed by atoms with van der Waals surface area (Å²) in [6, 6.07) is 5.04. The smallest absolute Gasteiger partial charge is 0.416 e. The first-order valence-electron chi connectivity index (χ1n) is 9.64. The standard InChI is InChI=1S/C19H27F3N2O4S/c1-2-28-18(25)5-3-14-29(26,27)24-11-4-10-23(12-13-24)15-16-6-8-17(9-7-16)19(20,21)22/h6-9H,2-5,10-15H2,1H3. The van der Waals surface area contributed by atoms with Crippen molar-refractivity contribution in [2.24, 2.45) is 0 Å². The van der Waals surface area contributed by atoms with Gasteiger partial charge in [0.25, 0.3) is 0 Å². The molecule has 1 aromatic rings. The molecule has 6 nitrogen and oxygen atoms in total. The minimum Gasteiger partial charge on any atom is -0.466 e. The summed E-state index contributed by atoms with van der Waals surface area (Å²) in [4.78, 5) is 13.4. The number of alkyl halides is 3. The number of hydrogen-bond donors (Lipinski definition) is 0. The van der Waals surface area contributed by atoms with Gasteiger partial charge in [-0.2, -0.15) is 13.2 Å². The van der Waals surface area contributed by atoms with E-state index >= 15 is 0 Å². The number of esters is 1. The van der Waals surface area contributed by atoms with Gasteiger partial charge in [-0.1, -0.05) is 12.1 Å². The Labute approximate surface area is 169 Å². The van der Waals surface area contributed by atoms with Crippen LogP contribution in [0.1, 0.15) is 37.3 Å². The van der Waals surface area contributed by atoms with Crippen LogP contribution in [0, 0.1) is 0 Å². The van der Waals surface area contributed by atoms with E-state index in [1.165, 1.54) is 16.4 Å². The molecular weight excluding hydrogens is 409 g/mol. The van der Waals surface area contributed by atoms with Crippen LogP contribution < -0.4 is 0 Å². The van der Waals surface area contributed by atoms with Crippen LogP contribution >= 0.6 is 0 Å². The summed E-state index contributed by atoms with van der Waals surface area (Å²) in [6.45, 7) is 4.31. The SMILES string of the molecule is CCOC(=O)CCCS(=O)(=O)N1CCCN(Cc2ccc(C(F)(F)F)cc2)CC1. The van der Waals surface area contributed by atoms with E-state index in [0.29, 0.717) is 39.1 Å². The van der Waals surface area contributed by atoms with Crippen molar-refractivity contribution in [3.8, 4) is 0 Å². The normalized spacial score (nSPS) is 17.1. The number of sulfonamides is 1. The second kappa shape index (κ2) is 10.4. The predicted molar refractivity (Wildman–Crippen MR) is 103 cm³/mol. The highest BCUT2D eigenvalue weighted by Crippen LogP contribution is 2.29. The molecule has 164 valence electrons. The first-order chi connectivity index (χ1) is 13.6. The monoisotopic (exact) mass is 436 g/mol. The van der Waals surface area contributed by atoms with E-state index < -0.39 is 27.7 Å². The summed E-state index contributed by atoms with van der Waals surface area (Å²) in [5, 5.41) is 0. The highest BCUT2D eigenvalue weighted by atomic mass is 32.2. The molecule has 0 saturated carbocycles. The topological polar surface area (TPSA) is 66.9 Å². The Balaban J connectivity index is 1.85. The maximum absolute atomic E-state index is 12.7. The molecule has 1 aromatic carbocycles. The number of halogens is 3. The van der Waals surface area contributed by atoms with Crippen LogP contribution in [0.25, 0.3) is 0 Å². The number of ether oxygens (including phenoxy) is 1. The second-order valence-electron chi connectivity index (χ2n) is 6.95. The summed E-state index contributed by atoms with van der Waals surface area (Å²) in [7, 11) is -3.46. The van der Waals surface area contributed by atoms with Crippen LogP contribution in [-0.4, -0.2) is 62.1 Å². The molecule has 1 aliphatic heterocycles. The van der Waals surface area contributed by atoms with Crippen LogP contribution in [0.3, 0.4) is 0 Å². The lowest BCUT2D eigenvalue weighted by atomic mass is 10.1. The van der Waals surface area contributed by atoms with E-state index in [9.17, 15) is 26.4 Å². The van der Waals surface area contributed by atoms with Gasteiger partial charge in [0.2, 0.25) is 10.0 Å². The Morgan fingerprint density at radius 1 is 1.10 bits per heavy atom. The molecule has 0 aliphatic carbocycles. The molecule has 0 bridgehead atoms. The highest BCUT2D eigenvalue weighted by Gasteiger charge is 2.30. The fourth-order valence-corrected chi connectivity index (χ4v) is 4.74. The van der Waals surface area contributed by atoms with Crippen molar-refractivity contribution < 1.29 is 31.1 Å². The second-order valence-corrected chi connectivity index (χ2v) is 9.04. The van der Waals surface area contributed by atoms with E-state index in [1.54, 1.807) is 6.92 Å². The zero-order valence-electron chi connectivity index (χ0n) is 16.5. The fraction of sp³-hybridized carbons (Fsp3) is 0.632. The van der Waals surface area contributed by atoms with Crippen LogP contribution in [-0.2, 0) is 32.3 Å². The van der Waals surface area contributed by atoms with Crippen LogP contribution in [0.4, 0.5) is 13.2 Å². The maximum Gasteiger partial charge on any atom is 0.416 e. The zero-order valence-corrected chi connectivity index (χ0v) is 17.3.